The van der Waals surface area contributed by atoms with Gasteiger partial charge in [0.15, 0.2) is 0 Å². The Kier molecular flexibility index (Phi) is 7.97. The zero-order valence-electron chi connectivity index (χ0n) is 16.0. The quantitative estimate of drug-likeness (QED) is 0.732. The Morgan fingerprint density at radius 3 is 2.50 bits per heavy atom. The summed E-state index contributed by atoms with van der Waals surface area (Å²) in [6.07, 6.45) is 2.84. The minimum absolute atomic E-state index is 0.110. The fourth-order valence-electron chi connectivity index (χ4n) is 2.59. The van der Waals surface area contributed by atoms with Crippen LogP contribution in [0, 0.1) is 17.2 Å². The molecule has 1 unspecified atom stereocenters. The van der Waals surface area contributed by atoms with Crippen LogP contribution in [-0.4, -0.2) is 23.0 Å². The van der Waals surface area contributed by atoms with Gasteiger partial charge in [-0.1, -0.05) is 50.2 Å². The summed E-state index contributed by atoms with van der Waals surface area (Å²) in [5.41, 5.74) is 1.43. The summed E-state index contributed by atoms with van der Waals surface area (Å²) in [6.45, 7) is 4.00. The van der Waals surface area contributed by atoms with E-state index in [4.69, 9.17) is 4.74 Å². The van der Waals surface area contributed by atoms with Gasteiger partial charge in [-0.25, -0.2) is 4.79 Å². The molecule has 0 radical (unpaired) electrons. The number of hydrogen-bond acceptors (Lipinski definition) is 5. The SMILES string of the molecule is CC(C)C[C@H](NC(=O)OCc1ccccc1)C(=O)NC(C#N)c1cccnc1. The molecule has 2 atom stereocenters. The van der Waals surface area contributed by atoms with Crippen molar-refractivity contribution < 1.29 is 14.3 Å². The number of benzene rings is 1. The number of nitrogens with one attached hydrogen (secondary N) is 2. The largest absolute Gasteiger partial charge is 0.445 e. The molecular weight excluding hydrogens is 356 g/mol. The van der Waals surface area contributed by atoms with Crippen LogP contribution < -0.4 is 10.6 Å². The first kappa shape index (κ1) is 20.9. The molecule has 0 spiro atoms. The highest BCUT2D eigenvalue weighted by Gasteiger charge is 2.25. The molecule has 7 heteroatoms. The first-order valence-electron chi connectivity index (χ1n) is 9.06. The Morgan fingerprint density at radius 1 is 1.14 bits per heavy atom. The molecule has 0 aliphatic rings. The van der Waals surface area contributed by atoms with E-state index in [-0.39, 0.29) is 12.5 Å². The monoisotopic (exact) mass is 380 g/mol. The van der Waals surface area contributed by atoms with Crippen molar-refractivity contribution in [1.82, 2.24) is 15.6 Å². The smallest absolute Gasteiger partial charge is 0.408 e. The molecule has 2 N–H and O–H groups in total. The fourth-order valence-corrected chi connectivity index (χ4v) is 2.59. The lowest BCUT2D eigenvalue weighted by molar-refractivity contribution is -0.123. The summed E-state index contributed by atoms with van der Waals surface area (Å²) in [7, 11) is 0. The van der Waals surface area contributed by atoms with E-state index in [1.54, 1.807) is 18.3 Å². The van der Waals surface area contributed by atoms with E-state index in [9.17, 15) is 14.9 Å². The second kappa shape index (κ2) is 10.7. The summed E-state index contributed by atoms with van der Waals surface area (Å²) in [6, 6.07) is 13.1. The molecule has 2 aromatic rings. The van der Waals surface area contributed by atoms with E-state index < -0.39 is 24.1 Å². The number of ether oxygens (including phenoxy) is 1. The van der Waals surface area contributed by atoms with Crippen molar-refractivity contribution >= 4 is 12.0 Å². The van der Waals surface area contributed by atoms with E-state index in [0.717, 1.165) is 5.56 Å². The van der Waals surface area contributed by atoms with Crippen LogP contribution in [-0.2, 0) is 16.1 Å². The Bertz CT molecular complexity index is 803. The summed E-state index contributed by atoms with van der Waals surface area (Å²) >= 11 is 0. The van der Waals surface area contributed by atoms with Crippen molar-refractivity contribution in [1.29, 1.82) is 5.26 Å². The predicted octanol–water partition coefficient (Wildman–Crippen LogP) is 3.10. The fraction of sp³-hybridized carbons (Fsp3) is 0.333. The maximum absolute atomic E-state index is 12.7. The van der Waals surface area contributed by atoms with Crippen molar-refractivity contribution in [3.05, 3.63) is 66.0 Å². The number of hydrogen-bond donors (Lipinski definition) is 2. The summed E-state index contributed by atoms with van der Waals surface area (Å²) in [5.74, 6) is -0.287. The molecule has 0 saturated heterocycles. The van der Waals surface area contributed by atoms with Gasteiger partial charge in [-0.05, 0) is 24.0 Å². The van der Waals surface area contributed by atoms with Gasteiger partial charge in [0.2, 0.25) is 5.91 Å². The lowest BCUT2D eigenvalue weighted by atomic mass is 10.0. The lowest BCUT2D eigenvalue weighted by Crippen LogP contribution is -2.48. The molecule has 1 aromatic carbocycles. The number of rotatable bonds is 8. The standard InChI is InChI=1S/C21H24N4O3/c1-15(2)11-18(25-21(27)28-14-16-7-4-3-5-8-16)20(26)24-19(12-22)17-9-6-10-23-13-17/h3-10,13,15,18-19H,11,14H2,1-2H3,(H,24,26)(H,25,27)/t18-,19?/m0/s1. The molecule has 28 heavy (non-hydrogen) atoms. The van der Waals surface area contributed by atoms with Gasteiger partial charge in [-0.15, -0.1) is 0 Å². The average molecular weight is 380 g/mol. The lowest BCUT2D eigenvalue weighted by Gasteiger charge is -2.21. The summed E-state index contributed by atoms with van der Waals surface area (Å²) in [5, 5.41) is 14.6. The number of carbonyl (C=O) groups excluding carboxylic acids is 2. The van der Waals surface area contributed by atoms with E-state index in [1.165, 1.54) is 6.20 Å². The number of aromatic nitrogens is 1. The molecule has 7 nitrogen and oxygen atoms in total. The van der Waals surface area contributed by atoms with Crippen molar-refractivity contribution in [2.24, 2.45) is 5.92 Å². The average Bonchev–Trinajstić information content (AvgIpc) is 2.71. The van der Waals surface area contributed by atoms with Gasteiger partial charge in [0.1, 0.15) is 18.7 Å². The molecule has 2 amide bonds. The maximum Gasteiger partial charge on any atom is 0.408 e. The number of carbonyl (C=O) groups is 2. The van der Waals surface area contributed by atoms with Gasteiger partial charge >= 0.3 is 6.09 Å². The molecule has 0 aliphatic heterocycles. The minimum Gasteiger partial charge on any atom is -0.445 e. The Hall–Kier alpha value is -3.40. The van der Waals surface area contributed by atoms with Crippen LogP contribution in [0.15, 0.2) is 54.9 Å². The Morgan fingerprint density at radius 2 is 1.89 bits per heavy atom. The van der Waals surface area contributed by atoms with Crippen LogP contribution in [0.4, 0.5) is 4.79 Å². The van der Waals surface area contributed by atoms with Gasteiger partial charge in [-0.2, -0.15) is 5.26 Å². The molecule has 0 bridgehead atoms. The third-order valence-corrected chi connectivity index (χ3v) is 3.96. The first-order valence-corrected chi connectivity index (χ1v) is 9.06. The third-order valence-electron chi connectivity index (χ3n) is 3.96. The van der Waals surface area contributed by atoms with Crippen molar-refractivity contribution in [2.75, 3.05) is 0 Å². The zero-order chi connectivity index (χ0) is 20.4. The second-order valence-corrected chi connectivity index (χ2v) is 6.75. The van der Waals surface area contributed by atoms with Crippen molar-refractivity contribution in [3.63, 3.8) is 0 Å². The third kappa shape index (κ3) is 6.72. The summed E-state index contributed by atoms with van der Waals surface area (Å²) in [4.78, 5) is 28.8. The van der Waals surface area contributed by atoms with E-state index >= 15 is 0 Å². The van der Waals surface area contributed by atoms with Gasteiger partial charge < -0.3 is 15.4 Å². The highest BCUT2D eigenvalue weighted by Crippen LogP contribution is 2.12. The van der Waals surface area contributed by atoms with E-state index in [2.05, 4.69) is 15.6 Å². The van der Waals surface area contributed by atoms with Crippen LogP contribution in [0.1, 0.15) is 37.4 Å². The van der Waals surface area contributed by atoms with Crippen molar-refractivity contribution in [2.45, 2.75) is 39.0 Å². The number of amides is 2. The van der Waals surface area contributed by atoms with Crippen LogP contribution in [0.5, 0.6) is 0 Å². The van der Waals surface area contributed by atoms with Crippen LogP contribution >= 0.6 is 0 Å². The van der Waals surface area contributed by atoms with Gasteiger partial charge in [0.25, 0.3) is 0 Å². The molecule has 146 valence electrons. The number of nitriles is 1. The Labute approximate surface area is 164 Å². The summed E-state index contributed by atoms with van der Waals surface area (Å²) < 4.78 is 5.20. The van der Waals surface area contributed by atoms with Crippen LogP contribution in [0.2, 0.25) is 0 Å². The first-order chi connectivity index (χ1) is 13.5. The molecule has 0 saturated carbocycles. The van der Waals surface area contributed by atoms with Crippen LogP contribution in [0.3, 0.4) is 0 Å². The molecular formula is C21H24N4O3. The predicted molar refractivity (Wildman–Crippen MR) is 104 cm³/mol. The van der Waals surface area contributed by atoms with Gasteiger partial charge in [0, 0.05) is 18.0 Å². The number of alkyl carbamates (subject to hydrolysis) is 1. The molecule has 2 rings (SSSR count). The molecule has 0 aliphatic carbocycles. The normalized spacial score (nSPS) is 12.5. The number of nitrogens with zero attached hydrogens (tertiary/aromatic N) is 2. The highest BCUT2D eigenvalue weighted by atomic mass is 16.5. The van der Waals surface area contributed by atoms with Crippen molar-refractivity contribution in [3.8, 4) is 6.07 Å². The minimum atomic E-state index is -0.849. The molecule has 0 fully saturated rings. The van der Waals surface area contributed by atoms with E-state index in [1.807, 2.05) is 50.2 Å². The van der Waals surface area contributed by atoms with E-state index in [0.29, 0.717) is 12.0 Å². The van der Waals surface area contributed by atoms with Crippen LogP contribution in [0.25, 0.3) is 0 Å². The highest BCUT2D eigenvalue weighted by molar-refractivity contribution is 5.86. The Balaban J connectivity index is 1.98. The topological polar surface area (TPSA) is 104 Å². The molecule has 1 aromatic heterocycles. The maximum atomic E-state index is 12.7. The van der Waals surface area contributed by atoms with Gasteiger partial charge in [-0.3, -0.25) is 9.78 Å². The second-order valence-electron chi connectivity index (χ2n) is 6.75. The molecule has 1 heterocycles. The van der Waals surface area contributed by atoms with Gasteiger partial charge in [0.05, 0.1) is 6.07 Å². The number of pyridine rings is 1. The zero-order valence-corrected chi connectivity index (χ0v) is 16.0.